The monoisotopic (exact) mass is 293 g/mol. The fraction of sp³-hybridized carbons (Fsp3) is 0.400. The second-order valence-corrected chi connectivity index (χ2v) is 6.07. The van der Waals surface area contributed by atoms with Crippen LogP contribution in [0.5, 0.6) is 0 Å². The van der Waals surface area contributed by atoms with E-state index in [4.69, 9.17) is 9.52 Å². The summed E-state index contributed by atoms with van der Waals surface area (Å²) in [5, 5.41) is 11.1. The van der Waals surface area contributed by atoms with Crippen LogP contribution in [0.25, 0.3) is 0 Å². The Labute approximate surface area is 122 Å². The van der Waals surface area contributed by atoms with Crippen molar-refractivity contribution in [3.63, 3.8) is 0 Å². The molecular weight excluding hydrogens is 274 g/mol. The molecule has 0 saturated carbocycles. The van der Waals surface area contributed by atoms with Crippen LogP contribution in [0.1, 0.15) is 33.7 Å². The molecule has 0 aliphatic rings. The third-order valence-corrected chi connectivity index (χ3v) is 4.33. The summed E-state index contributed by atoms with van der Waals surface area (Å²) in [7, 11) is 2.02. The molecule has 0 aliphatic heterocycles. The lowest BCUT2D eigenvalue weighted by molar-refractivity contribution is 0.0695. The maximum Gasteiger partial charge on any atom is 0.339 e. The van der Waals surface area contributed by atoms with Gasteiger partial charge in [0.15, 0.2) is 0 Å². The molecule has 5 heteroatoms. The van der Waals surface area contributed by atoms with E-state index in [1.807, 2.05) is 7.05 Å². The van der Waals surface area contributed by atoms with Gasteiger partial charge in [-0.3, -0.25) is 4.90 Å². The molecule has 0 saturated heterocycles. The van der Waals surface area contributed by atoms with Gasteiger partial charge in [0, 0.05) is 10.9 Å². The minimum atomic E-state index is -0.938. The lowest BCUT2D eigenvalue weighted by Gasteiger charge is -2.23. The molecule has 0 amide bonds. The maximum absolute atomic E-state index is 11.0. The maximum atomic E-state index is 11.0. The van der Waals surface area contributed by atoms with E-state index < -0.39 is 5.97 Å². The second kappa shape index (κ2) is 6.24. The smallest absolute Gasteiger partial charge is 0.339 e. The zero-order valence-electron chi connectivity index (χ0n) is 11.9. The fourth-order valence-corrected chi connectivity index (χ4v) is 2.94. The standard InChI is InChI=1S/C15H19NO3S/c1-10(7-13-5-4-6-20-13)16(3)9-12-8-14(15(17)18)11(2)19-12/h4-6,8,10H,7,9H2,1-3H3,(H,17,18). The van der Waals surface area contributed by atoms with Gasteiger partial charge in [-0.25, -0.2) is 4.79 Å². The largest absolute Gasteiger partial charge is 0.478 e. The van der Waals surface area contributed by atoms with E-state index in [1.165, 1.54) is 4.88 Å². The highest BCUT2D eigenvalue weighted by Gasteiger charge is 2.17. The Morgan fingerprint density at radius 3 is 2.85 bits per heavy atom. The third-order valence-electron chi connectivity index (χ3n) is 3.43. The Morgan fingerprint density at radius 1 is 1.55 bits per heavy atom. The Bertz CT molecular complexity index is 574. The highest BCUT2D eigenvalue weighted by Crippen LogP contribution is 2.18. The van der Waals surface area contributed by atoms with Gasteiger partial charge >= 0.3 is 5.97 Å². The van der Waals surface area contributed by atoms with E-state index >= 15 is 0 Å². The normalized spacial score (nSPS) is 12.8. The van der Waals surface area contributed by atoms with Crippen molar-refractivity contribution in [3.8, 4) is 0 Å². The van der Waals surface area contributed by atoms with Crippen molar-refractivity contribution in [2.24, 2.45) is 0 Å². The van der Waals surface area contributed by atoms with E-state index in [9.17, 15) is 4.79 Å². The summed E-state index contributed by atoms with van der Waals surface area (Å²) in [5.41, 5.74) is 0.249. The van der Waals surface area contributed by atoms with Crippen LogP contribution in [0.2, 0.25) is 0 Å². The molecule has 2 aromatic rings. The van der Waals surface area contributed by atoms with Crippen LogP contribution < -0.4 is 0 Å². The van der Waals surface area contributed by atoms with E-state index in [0.29, 0.717) is 24.1 Å². The van der Waals surface area contributed by atoms with Crippen molar-refractivity contribution in [2.75, 3.05) is 7.05 Å². The van der Waals surface area contributed by atoms with Gasteiger partial charge in [0.25, 0.3) is 0 Å². The van der Waals surface area contributed by atoms with Crippen molar-refractivity contribution in [1.29, 1.82) is 0 Å². The first-order valence-corrected chi connectivity index (χ1v) is 7.40. The van der Waals surface area contributed by atoms with Gasteiger partial charge in [-0.1, -0.05) is 6.07 Å². The molecule has 2 heterocycles. The van der Waals surface area contributed by atoms with Crippen LogP contribution in [0.15, 0.2) is 28.0 Å². The Balaban J connectivity index is 1.98. The summed E-state index contributed by atoms with van der Waals surface area (Å²) in [6.07, 6.45) is 0.986. The van der Waals surface area contributed by atoms with Crippen LogP contribution in [0.3, 0.4) is 0 Å². The Hall–Kier alpha value is -1.59. The summed E-state index contributed by atoms with van der Waals surface area (Å²) >= 11 is 1.76. The molecule has 0 bridgehead atoms. The van der Waals surface area contributed by atoms with Crippen molar-refractivity contribution in [3.05, 3.63) is 45.5 Å². The minimum absolute atomic E-state index is 0.249. The van der Waals surface area contributed by atoms with E-state index in [0.717, 1.165) is 6.42 Å². The zero-order valence-corrected chi connectivity index (χ0v) is 12.7. The molecule has 0 aromatic carbocycles. The number of likely N-dealkylation sites (N-methyl/N-ethyl adjacent to an activating group) is 1. The number of hydrogen-bond donors (Lipinski definition) is 1. The van der Waals surface area contributed by atoms with Gasteiger partial charge in [0.2, 0.25) is 0 Å². The number of nitrogens with zero attached hydrogens (tertiary/aromatic N) is 1. The van der Waals surface area contributed by atoms with Crippen molar-refractivity contribution in [1.82, 2.24) is 4.90 Å². The highest BCUT2D eigenvalue weighted by atomic mass is 32.1. The lowest BCUT2D eigenvalue weighted by atomic mass is 10.2. The average Bonchev–Trinajstić information content (AvgIpc) is 2.98. The van der Waals surface area contributed by atoms with Gasteiger partial charge in [0.1, 0.15) is 17.1 Å². The number of thiophene rings is 1. The topological polar surface area (TPSA) is 53.7 Å². The quantitative estimate of drug-likeness (QED) is 0.886. The number of aryl methyl sites for hydroxylation is 1. The molecule has 2 aromatic heterocycles. The molecule has 0 fully saturated rings. The van der Waals surface area contributed by atoms with E-state index in [2.05, 4.69) is 29.3 Å². The molecule has 1 N–H and O–H groups in total. The third kappa shape index (κ3) is 3.49. The number of carboxylic acids is 1. The van der Waals surface area contributed by atoms with Gasteiger partial charge in [-0.15, -0.1) is 11.3 Å². The highest BCUT2D eigenvalue weighted by molar-refractivity contribution is 7.09. The first kappa shape index (κ1) is 14.8. The SMILES string of the molecule is Cc1oc(CN(C)C(C)Cc2cccs2)cc1C(=O)O. The average molecular weight is 293 g/mol. The molecule has 2 rings (SSSR count). The molecule has 4 nitrogen and oxygen atoms in total. The fourth-order valence-electron chi connectivity index (χ4n) is 2.11. The molecule has 108 valence electrons. The minimum Gasteiger partial charge on any atom is -0.478 e. The van der Waals surface area contributed by atoms with Crippen molar-refractivity contribution in [2.45, 2.75) is 32.9 Å². The second-order valence-electron chi connectivity index (χ2n) is 5.04. The van der Waals surface area contributed by atoms with Crippen LogP contribution in [0.4, 0.5) is 0 Å². The Morgan fingerprint density at radius 2 is 2.30 bits per heavy atom. The van der Waals surface area contributed by atoms with Crippen LogP contribution in [-0.2, 0) is 13.0 Å². The van der Waals surface area contributed by atoms with Crippen LogP contribution >= 0.6 is 11.3 Å². The summed E-state index contributed by atoms with van der Waals surface area (Å²) < 4.78 is 5.51. The summed E-state index contributed by atoms with van der Waals surface area (Å²) in [6, 6.07) is 6.18. The van der Waals surface area contributed by atoms with E-state index in [1.54, 1.807) is 24.3 Å². The Kier molecular flexibility index (Phi) is 4.62. The van der Waals surface area contributed by atoms with Gasteiger partial charge in [0.05, 0.1) is 6.54 Å². The van der Waals surface area contributed by atoms with Gasteiger partial charge in [-0.05, 0) is 44.8 Å². The van der Waals surface area contributed by atoms with Crippen molar-refractivity contribution < 1.29 is 14.3 Å². The predicted octanol–water partition coefficient (Wildman–Crippen LogP) is 3.41. The van der Waals surface area contributed by atoms with Crippen LogP contribution in [0, 0.1) is 6.92 Å². The molecule has 0 aliphatic carbocycles. The lowest BCUT2D eigenvalue weighted by Crippen LogP contribution is -2.30. The summed E-state index contributed by atoms with van der Waals surface area (Å²) in [4.78, 5) is 14.5. The zero-order chi connectivity index (χ0) is 14.7. The first-order valence-electron chi connectivity index (χ1n) is 6.52. The van der Waals surface area contributed by atoms with Gasteiger partial charge < -0.3 is 9.52 Å². The summed E-state index contributed by atoms with van der Waals surface area (Å²) in [5.74, 6) is 0.221. The molecular formula is C15H19NO3S. The number of rotatable bonds is 6. The molecule has 0 spiro atoms. The number of furan rings is 1. The number of aromatic carboxylic acids is 1. The number of carboxylic acid groups (broad SMARTS) is 1. The summed E-state index contributed by atoms with van der Waals surface area (Å²) in [6.45, 7) is 4.45. The molecule has 20 heavy (non-hydrogen) atoms. The molecule has 0 radical (unpaired) electrons. The molecule has 1 atom stereocenters. The van der Waals surface area contributed by atoms with Gasteiger partial charge in [-0.2, -0.15) is 0 Å². The number of hydrogen-bond acceptors (Lipinski definition) is 4. The van der Waals surface area contributed by atoms with Crippen LogP contribution in [-0.4, -0.2) is 29.1 Å². The first-order chi connectivity index (χ1) is 9.47. The van der Waals surface area contributed by atoms with Crippen molar-refractivity contribution >= 4 is 17.3 Å². The predicted molar refractivity (Wildman–Crippen MR) is 79.4 cm³/mol. The molecule has 1 unspecified atom stereocenters. The number of carbonyl (C=O) groups is 1. The van der Waals surface area contributed by atoms with E-state index in [-0.39, 0.29) is 5.56 Å².